The maximum Gasteiger partial charge on any atom is 0.426 e. The topological polar surface area (TPSA) is 80.7 Å². The normalized spacial score (nSPS) is 13.8. The molecule has 1 unspecified atom stereocenters. The van der Waals surface area contributed by atoms with Crippen LogP contribution in [0.15, 0.2) is 24.3 Å². The van der Waals surface area contributed by atoms with Gasteiger partial charge < -0.3 is 4.74 Å². The fourth-order valence-electron chi connectivity index (χ4n) is 1.17. The van der Waals surface area contributed by atoms with Crippen LogP contribution in [0.1, 0.15) is 10.4 Å². The molecular formula is C10H8F3IO5S. The number of carbonyl (C=O) groups is 1. The number of esters is 1. The lowest BCUT2D eigenvalue weighted by atomic mass is 10.2. The maximum absolute atomic E-state index is 12.5. The average Bonchev–Trinajstić information content (AvgIpc) is 2.25. The van der Waals surface area contributed by atoms with Crippen LogP contribution >= 0.6 is 22.6 Å². The van der Waals surface area contributed by atoms with Crippen LogP contribution < -0.4 is 0 Å². The molecule has 1 rings (SSSR count). The van der Waals surface area contributed by atoms with Crippen LogP contribution in [0.25, 0.3) is 0 Å². The van der Waals surface area contributed by atoms with Gasteiger partial charge in [0, 0.05) is 3.57 Å². The molecule has 0 amide bonds. The largest absolute Gasteiger partial charge is 0.448 e. The molecule has 0 aromatic heterocycles. The van der Waals surface area contributed by atoms with Crippen molar-refractivity contribution in [3.63, 3.8) is 0 Å². The van der Waals surface area contributed by atoms with Crippen molar-refractivity contribution in [2.75, 3.05) is 5.75 Å². The number of benzene rings is 1. The molecule has 1 aromatic carbocycles. The van der Waals surface area contributed by atoms with E-state index >= 15 is 0 Å². The van der Waals surface area contributed by atoms with Crippen LogP contribution in [0, 0.1) is 3.57 Å². The van der Waals surface area contributed by atoms with Crippen molar-refractivity contribution in [1.29, 1.82) is 0 Å². The standard InChI is InChI=1S/C10H8F3IO5S/c11-10(12,13)8(5-20(16,17)18)19-9(15)6-1-3-7(14)4-2-6/h1-4,8H,5H2,(H,16,17,18). The summed E-state index contributed by atoms with van der Waals surface area (Å²) in [5.41, 5.74) is -0.157. The molecule has 1 N–H and O–H groups in total. The zero-order valence-corrected chi connectivity index (χ0v) is 12.6. The quantitative estimate of drug-likeness (QED) is 0.456. The monoisotopic (exact) mass is 424 g/mol. The molecule has 112 valence electrons. The first-order chi connectivity index (χ1) is 8.99. The number of rotatable bonds is 4. The van der Waals surface area contributed by atoms with Crippen LogP contribution in [0.2, 0.25) is 0 Å². The van der Waals surface area contributed by atoms with Gasteiger partial charge in [-0.3, -0.25) is 4.55 Å². The summed E-state index contributed by atoms with van der Waals surface area (Å²) in [5, 5.41) is 0. The van der Waals surface area contributed by atoms with Crippen molar-refractivity contribution < 1.29 is 35.7 Å². The third kappa shape index (κ3) is 5.63. The summed E-state index contributed by atoms with van der Waals surface area (Å²) in [7, 11) is -4.94. The van der Waals surface area contributed by atoms with E-state index in [9.17, 15) is 26.4 Å². The van der Waals surface area contributed by atoms with Gasteiger partial charge in [-0.15, -0.1) is 0 Å². The van der Waals surface area contributed by atoms with E-state index in [-0.39, 0.29) is 5.56 Å². The van der Waals surface area contributed by atoms with Crippen molar-refractivity contribution in [2.45, 2.75) is 12.3 Å². The second kappa shape index (κ2) is 6.26. The first-order valence-corrected chi connectivity index (χ1v) is 7.66. The van der Waals surface area contributed by atoms with Crippen LogP contribution in [-0.4, -0.2) is 37.0 Å². The van der Waals surface area contributed by atoms with Gasteiger partial charge in [-0.25, -0.2) is 4.79 Å². The van der Waals surface area contributed by atoms with Crippen molar-refractivity contribution in [2.24, 2.45) is 0 Å². The molecule has 0 aliphatic rings. The van der Waals surface area contributed by atoms with Crippen molar-refractivity contribution in [3.8, 4) is 0 Å². The van der Waals surface area contributed by atoms with Crippen LogP contribution in [0.4, 0.5) is 13.2 Å². The number of alkyl halides is 3. The minimum Gasteiger partial charge on any atom is -0.448 e. The molecule has 0 aliphatic carbocycles. The van der Waals surface area contributed by atoms with Gasteiger partial charge >= 0.3 is 12.1 Å². The van der Waals surface area contributed by atoms with Gasteiger partial charge in [0.1, 0.15) is 5.75 Å². The summed E-state index contributed by atoms with van der Waals surface area (Å²) in [6.07, 6.45) is -8.03. The number of ether oxygens (including phenoxy) is 1. The summed E-state index contributed by atoms with van der Waals surface area (Å²) in [4.78, 5) is 11.5. The Morgan fingerprint density at radius 2 is 1.80 bits per heavy atom. The van der Waals surface area contributed by atoms with Crippen molar-refractivity contribution >= 4 is 38.7 Å². The Kier molecular flexibility index (Phi) is 5.38. The van der Waals surface area contributed by atoms with Gasteiger partial charge in [0.05, 0.1) is 5.56 Å². The van der Waals surface area contributed by atoms with E-state index in [0.29, 0.717) is 0 Å². The highest BCUT2D eigenvalue weighted by molar-refractivity contribution is 14.1. The summed E-state index contributed by atoms with van der Waals surface area (Å²) in [5.74, 6) is -3.07. The predicted octanol–water partition coefficient (Wildman–Crippen LogP) is 2.27. The second-order valence-electron chi connectivity index (χ2n) is 3.69. The summed E-state index contributed by atoms with van der Waals surface area (Å²) in [6, 6.07) is 5.43. The Bertz CT molecular complexity index is 582. The van der Waals surface area contributed by atoms with Crippen molar-refractivity contribution in [3.05, 3.63) is 33.4 Å². The Hall–Kier alpha value is -0.880. The third-order valence-corrected chi connectivity index (χ3v) is 3.50. The van der Waals surface area contributed by atoms with E-state index in [1.54, 1.807) is 0 Å². The Morgan fingerprint density at radius 3 is 2.20 bits per heavy atom. The lowest BCUT2D eigenvalue weighted by Crippen LogP contribution is -2.39. The summed E-state index contributed by atoms with van der Waals surface area (Å²) >= 11 is 1.93. The fraction of sp³-hybridized carbons (Fsp3) is 0.300. The predicted molar refractivity (Wildman–Crippen MR) is 70.8 cm³/mol. The Labute approximate surface area is 126 Å². The summed E-state index contributed by atoms with van der Waals surface area (Å²) in [6.45, 7) is 0. The molecule has 0 heterocycles. The van der Waals surface area contributed by atoms with Crippen LogP contribution in [-0.2, 0) is 14.9 Å². The number of hydrogen-bond acceptors (Lipinski definition) is 4. The zero-order valence-electron chi connectivity index (χ0n) is 9.59. The smallest absolute Gasteiger partial charge is 0.426 e. The molecule has 0 fully saturated rings. The number of hydrogen-bond donors (Lipinski definition) is 1. The Balaban J connectivity index is 2.90. The minimum absolute atomic E-state index is 0.157. The average molecular weight is 424 g/mol. The molecule has 20 heavy (non-hydrogen) atoms. The molecule has 0 aliphatic heterocycles. The molecule has 10 heteroatoms. The van der Waals surface area contributed by atoms with Crippen molar-refractivity contribution in [1.82, 2.24) is 0 Å². The van der Waals surface area contributed by atoms with E-state index in [1.165, 1.54) is 24.3 Å². The van der Waals surface area contributed by atoms with Gasteiger partial charge in [0.2, 0.25) is 6.10 Å². The molecule has 0 spiro atoms. The van der Waals surface area contributed by atoms with Gasteiger partial charge in [-0.2, -0.15) is 21.6 Å². The minimum atomic E-state index is -5.10. The molecule has 5 nitrogen and oxygen atoms in total. The molecule has 1 aromatic rings. The highest BCUT2D eigenvalue weighted by Crippen LogP contribution is 2.25. The van der Waals surface area contributed by atoms with Crippen LogP contribution in [0.5, 0.6) is 0 Å². The van der Waals surface area contributed by atoms with E-state index in [2.05, 4.69) is 4.74 Å². The molecule has 0 bridgehead atoms. The molecule has 1 atom stereocenters. The highest BCUT2D eigenvalue weighted by atomic mass is 127. The number of carbonyl (C=O) groups excluding carboxylic acids is 1. The van der Waals surface area contributed by atoms with Gasteiger partial charge in [-0.1, -0.05) is 0 Å². The Morgan fingerprint density at radius 1 is 1.30 bits per heavy atom. The van der Waals surface area contributed by atoms with E-state index < -0.39 is 34.1 Å². The summed E-state index contributed by atoms with van der Waals surface area (Å²) < 4.78 is 72.0. The third-order valence-electron chi connectivity index (χ3n) is 2.06. The van der Waals surface area contributed by atoms with E-state index in [1.807, 2.05) is 22.6 Å². The SMILES string of the molecule is O=C(OC(CS(=O)(=O)O)C(F)(F)F)c1ccc(I)cc1. The number of halogens is 4. The van der Waals surface area contributed by atoms with Gasteiger partial charge in [0.15, 0.2) is 0 Å². The fourth-order valence-corrected chi connectivity index (χ4v) is 2.17. The zero-order chi connectivity index (χ0) is 15.6. The molecule has 0 saturated carbocycles. The van der Waals surface area contributed by atoms with E-state index in [4.69, 9.17) is 4.55 Å². The molecule has 0 radical (unpaired) electrons. The molecule has 0 saturated heterocycles. The highest BCUT2D eigenvalue weighted by Gasteiger charge is 2.45. The first-order valence-electron chi connectivity index (χ1n) is 4.97. The second-order valence-corrected chi connectivity index (χ2v) is 6.43. The first kappa shape index (κ1) is 17.2. The van der Waals surface area contributed by atoms with Crippen LogP contribution in [0.3, 0.4) is 0 Å². The van der Waals surface area contributed by atoms with Gasteiger partial charge in [0.25, 0.3) is 10.1 Å². The van der Waals surface area contributed by atoms with E-state index in [0.717, 1.165) is 3.57 Å². The lowest BCUT2D eigenvalue weighted by molar-refractivity contribution is -0.197. The maximum atomic E-state index is 12.5. The van der Waals surface area contributed by atoms with Gasteiger partial charge in [-0.05, 0) is 46.9 Å². The lowest BCUT2D eigenvalue weighted by Gasteiger charge is -2.19. The molecular weight excluding hydrogens is 416 g/mol.